The summed E-state index contributed by atoms with van der Waals surface area (Å²) in [7, 11) is -3.10. The molecule has 1 saturated heterocycles. The number of halogens is 1. The topological polar surface area (TPSA) is 76.1 Å². The Balaban J connectivity index is 1.74. The SMILES string of the molecule is C[C@@]1(NC(=O)c2cncc(Cc3cccc(F)c3)c2)CCS(=O)(=O)C1. The van der Waals surface area contributed by atoms with E-state index in [1.165, 1.54) is 18.3 Å². The Labute approximate surface area is 146 Å². The summed E-state index contributed by atoms with van der Waals surface area (Å²) in [6.45, 7) is 1.74. The van der Waals surface area contributed by atoms with Gasteiger partial charge in [-0.1, -0.05) is 12.1 Å². The largest absolute Gasteiger partial charge is 0.346 e. The van der Waals surface area contributed by atoms with Gasteiger partial charge >= 0.3 is 0 Å². The van der Waals surface area contributed by atoms with Crippen LogP contribution in [0.4, 0.5) is 4.39 Å². The summed E-state index contributed by atoms with van der Waals surface area (Å²) in [6.07, 6.45) is 3.93. The maximum atomic E-state index is 13.3. The summed E-state index contributed by atoms with van der Waals surface area (Å²) in [4.78, 5) is 16.5. The highest BCUT2D eigenvalue weighted by atomic mass is 32.2. The number of amides is 1. The quantitative estimate of drug-likeness (QED) is 0.904. The van der Waals surface area contributed by atoms with Crippen molar-refractivity contribution in [3.63, 3.8) is 0 Å². The summed E-state index contributed by atoms with van der Waals surface area (Å²) in [5.74, 6) is -0.632. The molecule has 0 unspecified atom stereocenters. The maximum Gasteiger partial charge on any atom is 0.253 e. The minimum atomic E-state index is -3.10. The Morgan fingerprint density at radius 3 is 2.76 bits per heavy atom. The number of aromatic nitrogens is 1. The molecule has 2 heterocycles. The van der Waals surface area contributed by atoms with E-state index in [0.29, 0.717) is 18.4 Å². The Morgan fingerprint density at radius 1 is 1.28 bits per heavy atom. The van der Waals surface area contributed by atoms with Crippen LogP contribution < -0.4 is 5.32 Å². The molecule has 25 heavy (non-hydrogen) atoms. The lowest BCUT2D eigenvalue weighted by Gasteiger charge is -2.23. The van der Waals surface area contributed by atoms with E-state index in [0.717, 1.165) is 11.1 Å². The highest BCUT2D eigenvalue weighted by molar-refractivity contribution is 7.91. The Hall–Kier alpha value is -2.28. The van der Waals surface area contributed by atoms with Gasteiger partial charge in [0.25, 0.3) is 5.91 Å². The second-order valence-corrected chi connectivity index (χ2v) is 8.93. The van der Waals surface area contributed by atoms with Crippen LogP contribution in [-0.4, -0.2) is 36.4 Å². The molecule has 0 bridgehead atoms. The molecular weight excluding hydrogens is 343 g/mol. The van der Waals surface area contributed by atoms with Crippen LogP contribution in [0.2, 0.25) is 0 Å². The van der Waals surface area contributed by atoms with Gasteiger partial charge in [-0.15, -0.1) is 0 Å². The van der Waals surface area contributed by atoms with Crippen molar-refractivity contribution in [3.8, 4) is 0 Å². The molecule has 5 nitrogen and oxygen atoms in total. The van der Waals surface area contributed by atoms with E-state index >= 15 is 0 Å². The zero-order valence-corrected chi connectivity index (χ0v) is 14.6. The van der Waals surface area contributed by atoms with E-state index in [9.17, 15) is 17.6 Å². The summed E-state index contributed by atoms with van der Waals surface area (Å²) in [6, 6.07) is 7.95. The van der Waals surface area contributed by atoms with Crippen molar-refractivity contribution in [2.24, 2.45) is 0 Å². The molecule has 1 aromatic heterocycles. The molecule has 0 aliphatic carbocycles. The van der Waals surface area contributed by atoms with Gasteiger partial charge in [0, 0.05) is 12.4 Å². The van der Waals surface area contributed by atoms with Gasteiger partial charge in [-0.05, 0) is 49.1 Å². The number of nitrogens with one attached hydrogen (secondary N) is 1. The standard InChI is InChI=1S/C18H19FN2O3S/c1-18(5-6-25(23,24)12-18)21-17(22)15-8-14(10-20-11-15)7-13-3-2-4-16(19)9-13/h2-4,8-11H,5-7,12H2,1H3,(H,21,22)/t18-/m1/s1. The molecule has 7 heteroatoms. The molecular formula is C18H19FN2O3S. The van der Waals surface area contributed by atoms with Crippen molar-refractivity contribution >= 4 is 15.7 Å². The summed E-state index contributed by atoms with van der Waals surface area (Å²) >= 11 is 0. The van der Waals surface area contributed by atoms with Crippen LogP contribution in [0, 0.1) is 5.82 Å². The summed E-state index contributed by atoms with van der Waals surface area (Å²) < 4.78 is 36.6. The van der Waals surface area contributed by atoms with Crippen molar-refractivity contribution in [1.29, 1.82) is 0 Å². The minimum absolute atomic E-state index is 0.0534. The summed E-state index contributed by atoms with van der Waals surface area (Å²) in [5, 5.41) is 2.81. The van der Waals surface area contributed by atoms with Crippen LogP contribution in [-0.2, 0) is 16.3 Å². The van der Waals surface area contributed by atoms with Crippen molar-refractivity contribution in [3.05, 3.63) is 65.2 Å². The third-order valence-electron chi connectivity index (χ3n) is 4.27. The van der Waals surface area contributed by atoms with Crippen molar-refractivity contribution < 1.29 is 17.6 Å². The van der Waals surface area contributed by atoms with E-state index < -0.39 is 15.4 Å². The number of benzene rings is 1. The van der Waals surface area contributed by atoms with Crippen molar-refractivity contribution in [2.75, 3.05) is 11.5 Å². The van der Waals surface area contributed by atoms with Gasteiger partial charge in [-0.3, -0.25) is 9.78 Å². The lowest BCUT2D eigenvalue weighted by Crippen LogP contribution is -2.46. The molecule has 0 radical (unpaired) electrons. The molecule has 1 aliphatic rings. The first-order chi connectivity index (χ1) is 11.7. The van der Waals surface area contributed by atoms with Gasteiger partial charge in [0.2, 0.25) is 0 Å². The number of hydrogen-bond acceptors (Lipinski definition) is 4. The first-order valence-electron chi connectivity index (χ1n) is 7.96. The molecule has 132 valence electrons. The fourth-order valence-electron chi connectivity index (χ4n) is 3.05. The minimum Gasteiger partial charge on any atom is -0.346 e. The lowest BCUT2D eigenvalue weighted by atomic mass is 10.0. The van der Waals surface area contributed by atoms with Gasteiger partial charge in [-0.25, -0.2) is 12.8 Å². The third-order valence-corrected chi connectivity index (χ3v) is 6.18. The Kier molecular flexibility index (Phi) is 4.60. The number of rotatable bonds is 4. The number of carbonyl (C=O) groups is 1. The molecule has 1 fully saturated rings. The van der Waals surface area contributed by atoms with Crippen molar-refractivity contribution in [2.45, 2.75) is 25.3 Å². The zero-order valence-electron chi connectivity index (χ0n) is 13.8. The van der Waals surface area contributed by atoms with E-state index in [-0.39, 0.29) is 23.2 Å². The van der Waals surface area contributed by atoms with Gasteiger partial charge < -0.3 is 5.32 Å². The smallest absolute Gasteiger partial charge is 0.253 e. The first kappa shape index (κ1) is 17.5. The predicted octanol–water partition coefficient (Wildman–Crippen LogP) is 2.12. The van der Waals surface area contributed by atoms with Crippen LogP contribution in [0.5, 0.6) is 0 Å². The fraction of sp³-hybridized carbons (Fsp3) is 0.333. The average molecular weight is 362 g/mol. The van der Waals surface area contributed by atoms with Gasteiger partial charge in [0.05, 0.1) is 22.6 Å². The molecule has 3 rings (SSSR count). The van der Waals surface area contributed by atoms with E-state index in [1.54, 1.807) is 31.3 Å². The average Bonchev–Trinajstić information content (AvgIpc) is 2.81. The van der Waals surface area contributed by atoms with Crippen LogP contribution in [0.1, 0.15) is 34.8 Å². The second-order valence-electron chi connectivity index (χ2n) is 6.75. The maximum absolute atomic E-state index is 13.3. The normalized spacial score (nSPS) is 21.8. The molecule has 0 saturated carbocycles. The molecule has 2 aromatic rings. The van der Waals surface area contributed by atoms with Crippen LogP contribution >= 0.6 is 0 Å². The number of sulfone groups is 1. The first-order valence-corrected chi connectivity index (χ1v) is 9.78. The second kappa shape index (κ2) is 6.55. The lowest BCUT2D eigenvalue weighted by molar-refractivity contribution is 0.0915. The van der Waals surface area contributed by atoms with Crippen LogP contribution in [0.25, 0.3) is 0 Å². The number of carbonyl (C=O) groups excluding carboxylic acids is 1. The van der Waals surface area contributed by atoms with Crippen LogP contribution in [0.15, 0.2) is 42.7 Å². The molecule has 1 N–H and O–H groups in total. The number of hydrogen-bond donors (Lipinski definition) is 1. The zero-order chi connectivity index (χ0) is 18.1. The van der Waals surface area contributed by atoms with Gasteiger partial charge in [-0.2, -0.15) is 0 Å². The highest BCUT2D eigenvalue weighted by Gasteiger charge is 2.39. The highest BCUT2D eigenvalue weighted by Crippen LogP contribution is 2.23. The molecule has 1 amide bonds. The number of pyridine rings is 1. The summed E-state index contributed by atoms with van der Waals surface area (Å²) in [5.41, 5.74) is 1.17. The van der Waals surface area contributed by atoms with Gasteiger partial charge in [0.1, 0.15) is 5.82 Å². The third kappa shape index (κ3) is 4.42. The van der Waals surface area contributed by atoms with Crippen LogP contribution in [0.3, 0.4) is 0 Å². The fourth-order valence-corrected chi connectivity index (χ4v) is 5.14. The predicted molar refractivity (Wildman–Crippen MR) is 92.6 cm³/mol. The van der Waals surface area contributed by atoms with E-state index in [4.69, 9.17) is 0 Å². The van der Waals surface area contributed by atoms with E-state index in [2.05, 4.69) is 10.3 Å². The molecule has 0 spiro atoms. The Bertz CT molecular complexity index is 914. The van der Waals surface area contributed by atoms with Crippen molar-refractivity contribution in [1.82, 2.24) is 10.3 Å². The molecule has 1 atom stereocenters. The Morgan fingerprint density at radius 2 is 2.08 bits per heavy atom. The van der Waals surface area contributed by atoms with E-state index in [1.807, 2.05) is 0 Å². The molecule has 1 aromatic carbocycles. The van der Waals surface area contributed by atoms with Gasteiger partial charge in [0.15, 0.2) is 9.84 Å². The molecule has 1 aliphatic heterocycles. The monoisotopic (exact) mass is 362 g/mol. The number of nitrogens with zero attached hydrogens (tertiary/aromatic N) is 1.